The molecule has 2 aromatic carbocycles. The Hall–Kier alpha value is -1.63. The SMILES string of the molecule is Cc1cccc(C(CNC(=O)C(C)(N)c2ccccc2)N2CCOCC2)c1.Cl.Cl. The maximum Gasteiger partial charge on any atom is 0.244 e. The number of hydrogen-bond donors (Lipinski definition) is 2. The molecule has 7 heteroatoms. The molecule has 1 amide bonds. The Kier molecular flexibility index (Phi) is 10.1. The summed E-state index contributed by atoms with van der Waals surface area (Å²) in [7, 11) is 0. The molecule has 5 nitrogen and oxygen atoms in total. The van der Waals surface area contributed by atoms with Gasteiger partial charge in [-0.15, -0.1) is 24.8 Å². The van der Waals surface area contributed by atoms with Gasteiger partial charge in [-0.3, -0.25) is 9.69 Å². The largest absolute Gasteiger partial charge is 0.379 e. The highest BCUT2D eigenvalue weighted by Crippen LogP contribution is 2.23. The molecule has 0 radical (unpaired) electrons. The van der Waals surface area contributed by atoms with Crippen molar-refractivity contribution in [3.05, 3.63) is 71.3 Å². The molecule has 0 aromatic heterocycles. The van der Waals surface area contributed by atoms with E-state index in [1.807, 2.05) is 30.3 Å². The second-order valence-electron chi connectivity index (χ2n) is 7.36. The van der Waals surface area contributed by atoms with Gasteiger partial charge in [-0.25, -0.2) is 0 Å². The number of benzene rings is 2. The first-order valence-corrected chi connectivity index (χ1v) is 9.49. The van der Waals surface area contributed by atoms with Gasteiger partial charge in [0.15, 0.2) is 0 Å². The number of morpholine rings is 1. The number of amides is 1. The van der Waals surface area contributed by atoms with Crippen LogP contribution in [0.2, 0.25) is 0 Å². The molecule has 2 aromatic rings. The highest BCUT2D eigenvalue weighted by atomic mass is 35.5. The molecule has 2 unspecified atom stereocenters. The van der Waals surface area contributed by atoms with E-state index in [9.17, 15) is 4.79 Å². The van der Waals surface area contributed by atoms with Crippen molar-refractivity contribution in [2.24, 2.45) is 5.73 Å². The molecule has 2 atom stereocenters. The quantitative estimate of drug-likeness (QED) is 0.724. The van der Waals surface area contributed by atoms with Gasteiger partial charge in [0.2, 0.25) is 5.91 Å². The van der Waals surface area contributed by atoms with Crippen LogP contribution in [-0.4, -0.2) is 43.7 Å². The van der Waals surface area contributed by atoms with E-state index in [-0.39, 0.29) is 36.8 Å². The van der Waals surface area contributed by atoms with Gasteiger partial charge in [0, 0.05) is 19.6 Å². The normalized spacial score (nSPS) is 17.2. The minimum atomic E-state index is -1.07. The number of halogens is 2. The fourth-order valence-electron chi connectivity index (χ4n) is 3.51. The number of carbonyl (C=O) groups is 1. The topological polar surface area (TPSA) is 67.6 Å². The van der Waals surface area contributed by atoms with Crippen molar-refractivity contribution < 1.29 is 9.53 Å². The van der Waals surface area contributed by atoms with E-state index in [2.05, 4.69) is 41.4 Å². The summed E-state index contributed by atoms with van der Waals surface area (Å²) in [5, 5.41) is 3.09. The van der Waals surface area contributed by atoms with Crippen LogP contribution < -0.4 is 11.1 Å². The molecule has 0 aliphatic carbocycles. The average Bonchev–Trinajstić information content (AvgIpc) is 2.69. The molecule has 1 heterocycles. The van der Waals surface area contributed by atoms with Crippen LogP contribution in [0.15, 0.2) is 54.6 Å². The van der Waals surface area contributed by atoms with Gasteiger partial charge in [0.05, 0.1) is 19.3 Å². The summed E-state index contributed by atoms with van der Waals surface area (Å²) in [5.74, 6) is -0.167. The maximum atomic E-state index is 12.9. The first kappa shape index (κ1) is 25.4. The molecular formula is C22H31Cl2N3O2. The maximum absolute atomic E-state index is 12.9. The Morgan fingerprint density at radius 2 is 1.79 bits per heavy atom. The average molecular weight is 440 g/mol. The minimum Gasteiger partial charge on any atom is -0.379 e. The molecule has 0 spiro atoms. The summed E-state index contributed by atoms with van der Waals surface area (Å²) in [6, 6.07) is 18.1. The summed E-state index contributed by atoms with van der Waals surface area (Å²) in [4.78, 5) is 15.2. The Bertz CT molecular complexity index is 766. The number of aryl methyl sites for hydroxylation is 1. The van der Waals surface area contributed by atoms with Crippen LogP contribution >= 0.6 is 24.8 Å². The Morgan fingerprint density at radius 1 is 1.14 bits per heavy atom. The van der Waals surface area contributed by atoms with Crippen molar-refractivity contribution in [1.82, 2.24) is 10.2 Å². The third kappa shape index (κ3) is 6.43. The van der Waals surface area contributed by atoms with Crippen molar-refractivity contribution >= 4 is 30.7 Å². The molecule has 0 saturated carbocycles. The number of nitrogens with two attached hydrogens (primary N) is 1. The number of nitrogens with one attached hydrogen (secondary N) is 1. The van der Waals surface area contributed by atoms with E-state index in [1.54, 1.807) is 6.92 Å². The lowest BCUT2D eigenvalue weighted by Gasteiger charge is -2.35. The summed E-state index contributed by atoms with van der Waals surface area (Å²) in [5.41, 5.74) is 8.52. The van der Waals surface area contributed by atoms with Crippen molar-refractivity contribution in [2.75, 3.05) is 32.8 Å². The molecule has 3 rings (SSSR count). The van der Waals surface area contributed by atoms with E-state index in [4.69, 9.17) is 10.5 Å². The summed E-state index contributed by atoms with van der Waals surface area (Å²) in [6.07, 6.45) is 0. The van der Waals surface area contributed by atoms with Crippen LogP contribution in [0, 0.1) is 6.92 Å². The predicted molar refractivity (Wildman–Crippen MR) is 122 cm³/mol. The monoisotopic (exact) mass is 439 g/mol. The van der Waals surface area contributed by atoms with E-state index in [1.165, 1.54) is 11.1 Å². The molecule has 29 heavy (non-hydrogen) atoms. The van der Waals surface area contributed by atoms with Crippen molar-refractivity contribution in [3.8, 4) is 0 Å². The molecule has 1 aliphatic rings. The lowest BCUT2D eigenvalue weighted by atomic mass is 9.92. The molecule has 1 aliphatic heterocycles. The van der Waals surface area contributed by atoms with Crippen molar-refractivity contribution in [1.29, 1.82) is 0 Å². The third-order valence-corrected chi connectivity index (χ3v) is 5.21. The van der Waals surface area contributed by atoms with Gasteiger partial charge >= 0.3 is 0 Å². The first-order chi connectivity index (χ1) is 13.0. The highest BCUT2D eigenvalue weighted by molar-refractivity contribution is 5.87. The molecular weight excluding hydrogens is 409 g/mol. The van der Waals surface area contributed by atoms with E-state index in [0.717, 1.165) is 31.9 Å². The van der Waals surface area contributed by atoms with E-state index >= 15 is 0 Å². The molecule has 0 bridgehead atoms. The summed E-state index contributed by atoms with van der Waals surface area (Å²) < 4.78 is 5.50. The Labute approximate surface area is 185 Å². The van der Waals surface area contributed by atoms with Gasteiger partial charge in [0.1, 0.15) is 5.54 Å². The zero-order chi connectivity index (χ0) is 19.3. The van der Waals surface area contributed by atoms with Crippen molar-refractivity contribution in [3.63, 3.8) is 0 Å². The Balaban J connectivity index is 0.00000210. The Morgan fingerprint density at radius 3 is 2.41 bits per heavy atom. The van der Waals surface area contributed by atoms with Crippen LogP contribution in [0.5, 0.6) is 0 Å². The van der Waals surface area contributed by atoms with E-state index in [0.29, 0.717) is 6.54 Å². The molecule has 1 saturated heterocycles. The lowest BCUT2D eigenvalue weighted by molar-refractivity contribution is -0.126. The van der Waals surface area contributed by atoms with Gasteiger partial charge < -0.3 is 15.8 Å². The summed E-state index contributed by atoms with van der Waals surface area (Å²) in [6.45, 7) is 7.50. The van der Waals surface area contributed by atoms with Gasteiger partial charge in [-0.05, 0) is 25.0 Å². The predicted octanol–water partition coefficient (Wildman–Crippen LogP) is 3.20. The molecule has 160 valence electrons. The number of ether oxygens (including phenoxy) is 1. The van der Waals surface area contributed by atoms with Crippen LogP contribution in [0.3, 0.4) is 0 Å². The molecule has 3 N–H and O–H groups in total. The standard InChI is InChI=1S/C22H29N3O2.2ClH/c1-17-7-6-8-18(15-17)20(25-11-13-27-14-12-25)16-24-21(26)22(2,23)19-9-4-3-5-10-19;;/h3-10,15,20H,11-14,16,23H2,1-2H3,(H,24,26);2*1H. The molecule has 1 fully saturated rings. The van der Waals surface area contributed by atoms with Crippen molar-refractivity contribution in [2.45, 2.75) is 25.4 Å². The number of nitrogens with zero attached hydrogens (tertiary/aromatic N) is 1. The van der Waals surface area contributed by atoms with Crippen LogP contribution in [0.25, 0.3) is 0 Å². The zero-order valence-electron chi connectivity index (χ0n) is 17.0. The lowest BCUT2D eigenvalue weighted by Crippen LogP contribution is -2.51. The number of carbonyl (C=O) groups excluding carboxylic acids is 1. The second-order valence-corrected chi connectivity index (χ2v) is 7.36. The van der Waals surface area contributed by atoms with Gasteiger partial charge in [-0.2, -0.15) is 0 Å². The van der Waals surface area contributed by atoms with Crippen LogP contribution in [-0.2, 0) is 15.1 Å². The van der Waals surface area contributed by atoms with Gasteiger partial charge in [-0.1, -0.05) is 60.2 Å². The number of rotatable bonds is 6. The first-order valence-electron chi connectivity index (χ1n) is 9.49. The highest BCUT2D eigenvalue weighted by Gasteiger charge is 2.31. The second kappa shape index (κ2) is 11.5. The fraction of sp³-hybridized carbons (Fsp3) is 0.409. The van der Waals surface area contributed by atoms with Gasteiger partial charge in [0.25, 0.3) is 0 Å². The van der Waals surface area contributed by atoms with E-state index < -0.39 is 5.54 Å². The van der Waals surface area contributed by atoms with Crippen LogP contribution in [0.1, 0.15) is 29.7 Å². The summed E-state index contributed by atoms with van der Waals surface area (Å²) >= 11 is 0. The zero-order valence-corrected chi connectivity index (χ0v) is 18.6. The minimum absolute atomic E-state index is 0. The third-order valence-electron chi connectivity index (χ3n) is 5.21. The fourth-order valence-corrected chi connectivity index (χ4v) is 3.51. The van der Waals surface area contributed by atoms with Crippen LogP contribution in [0.4, 0.5) is 0 Å². The smallest absolute Gasteiger partial charge is 0.244 e. The number of hydrogen-bond acceptors (Lipinski definition) is 4.